The summed E-state index contributed by atoms with van der Waals surface area (Å²) in [5, 5.41) is 8.56. The lowest BCUT2D eigenvalue weighted by molar-refractivity contribution is -0.138. The highest BCUT2D eigenvalue weighted by atomic mass is 16.5. The lowest BCUT2D eigenvalue weighted by Gasteiger charge is -2.31. The fourth-order valence-electron chi connectivity index (χ4n) is 1.40. The maximum absolute atomic E-state index is 10.4. The molecular weight excluding hydrogens is 158 g/mol. The van der Waals surface area contributed by atoms with E-state index in [1.807, 2.05) is 6.92 Å². The second kappa shape index (κ2) is 4.42. The first kappa shape index (κ1) is 9.48. The van der Waals surface area contributed by atoms with Gasteiger partial charge in [-0.05, 0) is 6.92 Å². The largest absolute Gasteiger partial charge is 0.481 e. The Kier molecular flexibility index (Phi) is 3.49. The van der Waals surface area contributed by atoms with Crippen LogP contribution in [0.1, 0.15) is 13.3 Å². The van der Waals surface area contributed by atoms with Gasteiger partial charge in [0.25, 0.3) is 0 Å². The van der Waals surface area contributed by atoms with Crippen molar-refractivity contribution in [1.82, 2.24) is 4.90 Å². The van der Waals surface area contributed by atoms with Crippen molar-refractivity contribution in [3.8, 4) is 0 Å². The first-order chi connectivity index (χ1) is 5.70. The van der Waals surface area contributed by atoms with Gasteiger partial charge in [-0.15, -0.1) is 0 Å². The van der Waals surface area contributed by atoms with E-state index in [0.29, 0.717) is 0 Å². The molecule has 0 saturated carbocycles. The van der Waals surface area contributed by atoms with Crippen LogP contribution in [-0.4, -0.2) is 48.3 Å². The van der Waals surface area contributed by atoms with Crippen molar-refractivity contribution in [1.29, 1.82) is 0 Å². The Labute approximate surface area is 72.1 Å². The molecule has 70 valence electrons. The topological polar surface area (TPSA) is 49.8 Å². The summed E-state index contributed by atoms with van der Waals surface area (Å²) in [7, 11) is 0. The number of hydrogen-bond donors (Lipinski definition) is 1. The third-order valence-electron chi connectivity index (χ3n) is 2.14. The fourth-order valence-corrected chi connectivity index (χ4v) is 1.40. The second-order valence-corrected chi connectivity index (χ2v) is 3.10. The van der Waals surface area contributed by atoms with E-state index in [0.717, 1.165) is 26.3 Å². The third-order valence-corrected chi connectivity index (χ3v) is 2.14. The number of aliphatic carboxylic acids is 1. The average Bonchev–Trinajstić information content (AvgIpc) is 2.05. The number of carbonyl (C=O) groups is 1. The number of morpholine rings is 1. The number of nitrogens with zero attached hydrogens (tertiary/aromatic N) is 1. The lowest BCUT2D eigenvalue weighted by atomic mass is 10.2. The van der Waals surface area contributed by atoms with Crippen LogP contribution in [0.25, 0.3) is 0 Å². The zero-order chi connectivity index (χ0) is 8.97. The number of hydrogen-bond acceptors (Lipinski definition) is 3. The van der Waals surface area contributed by atoms with Gasteiger partial charge in [0.1, 0.15) is 0 Å². The van der Waals surface area contributed by atoms with Gasteiger partial charge in [0.05, 0.1) is 19.6 Å². The monoisotopic (exact) mass is 173 g/mol. The van der Waals surface area contributed by atoms with Crippen LogP contribution in [0.4, 0.5) is 0 Å². The number of rotatable bonds is 3. The zero-order valence-electron chi connectivity index (χ0n) is 7.32. The quantitative estimate of drug-likeness (QED) is 0.661. The van der Waals surface area contributed by atoms with Gasteiger partial charge in [-0.1, -0.05) is 0 Å². The van der Waals surface area contributed by atoms with Crippen molar-refractivity contribution in [3.63, 3.8) is 0 Å². The van der Waals surface area contributed by atoms with Crippen molar-refractivity contribution in [3.05, 3.63) is 0 Å². The number of ether oxygens (including phenoxy) is 1. The standard InChI is InChI=1S/C8H15NO3/c1-7(6-8(10)11)9-2-4-12-5-3-9/h7H,2-6H2,1H3,(H,10,11)/t7-/m0/s1. The predicted octanol–water partition coefficient (Wildman–Crippen LogP) is 0.182. The summed E-state index contributed by atoms with van der Waals surface area (Å²) < 4.78 is 5.17. The van der Waals surface area contributed by atoms with Crippen molar-refractivity contribution >= 4 is 5.97 Å². The number of carboxylic acids is 1. The Bertz CT molecular complexity index is 154. The molecule has 1 saturated heterocycles. The van der Waals surface area contributed by atoms with E-state index >= 15 is 0 Å². The fraction of sp³-hybridized carbons (Fsp3) is 0.875. The maximum Gasteiger partial charge on any atom is 0.304 e. The van der Waals surface area contributed by atoms with E-state index in [9.17, 15) is 4.79 Å². The van der Waals surface area contributed by atoms with Gasteiger partial charge in [0, 0.05) is 19.1 Å². The molecule has 0 amide bonds. The molecule has 1 N–H and O–H groups in total. The molecule has 0 radical (unpaired) electrons. The van der Waals surface area contributed by atoms with Crippen molar-refractivity contribution in [2.24, 2.45) is 0 Å². The minimum absolute atomic E-state index is 0.131. The molecule has 4 nitrogen and oxygen atoms in total. The first-order valence-corrected chi connectivity index (χ1v) is 4.23. The zero-order valence-corrected chi connectivity index (χ0v) is 7.32. The van der Waals surface area contributed by atoms with E-state index in [1.54, 1.807) is 0 Å². The van der Waals surface area contributed by atoms with Crippen LogP contribution < -0.4 is 0 Å². The van der Waals surface area contributed by atoms with Crippen LogP contribution in [0, 0.1) is 0 Å². The van der Waals surface area contributed by atoms with E-state index in [4.69, 9.17) is 9.84 Å². The molecule has 12 heavy (non-hydrogen) atoms. The predicted molar refractivity (Wildman–Crippen MR) is 44.1 cm³/mol. The summed E-state index contributed by atoms with van der Waals surface area (Å²) >= 11 is 0. The average molecular weight is 173 g/mol. The molecule has 1 aliphatic rings. The molecule has 1 aliphatic heterocycles. The smallest absolute Gasteiger partial charge is 0.304 e. The van der Waals surface area contributed by atoms with Gasteiger partial charge < -0.3 is 9.84 Å². The molecule has 0 aromatic carbocycles. The summed E-state index contributed by atoms with van der Waals surface area (Å²) in [6.45, 7) is 5.11. The minimum Gasteiger partial charge on any atom is -0.481 e. The molecule has 0 spiro atoms. The Morgan fingerprint density at radius 1 is 1.58 bits per heavy atom. The van der Waals surface area contributed by atoms with Crippen LogP contribution in [0.5, 0.6) is 0 Å². The van der Waals surface area contributed by atoms with Crippen LogP contribution in [-0.2, 0) is 9.53 Å². The Hall–Kier alpha value is -0.610. The van der Waals surface area contributed by atoms with E-state index < -0.39 is 5.97 Å². The molecule has 4 heteroatoms. The van der Waals surface area contributed by atoms with E-state index in [2.05, 4.69) is 4.90 Å². The Morgan fingerprint density at radius 2 is 2.17 bits per heavy atom. The molecule has 1 atom stereocenters. The molecule has 0 aromatic heterocycles. The second-order valence-electron chi connectivity index (χ2n) is 3.10. The van der Waals surface area contributed by atoms with Crippen molar-refractivity contribution in [2.75, 3.05) is 26.3 Å². The highest BCUT2D eigenvalue weighted by molar-refractivity contribution is 5.67. The summed E-state index contributed by atoms with van der Waals surface area (Å²) in [4.78, 5) is 12.5. The van der Waals surface area contributed by atoms with Crippen molar-refractivity contribution in [2.45, 2.75) is 19.4 Å². The molecule has 1 fully saturated rings. The van der Waals surface area contributed by atoms with Crippen LogP contribution >= 0.6 is 0 Å². The van der Waals surface area contributed by atoms with Gasteiger partial charge in [0.15, 0.2) is 0 Å². The molecule has 1 heterocycles. The summed E-state index contributed by atoms with van der Waals surface area (Å²) in [6.07, 6.45) is 0.222. The van der Waals surface area contributed by atoms with Crippen molar-refractivity contribution < 1.29 is 14.6 Å². The Morgan fingerprint density at radius 3 is 2.67 bits per heavy atom. The maximum atomic E-state index is 10.4. The van der Waals surface area contributed by atoms with E-state index in [1.165, 1.54) is 0 Å². The molecule has 1 rings (SSSR count). The lowest BCUT2D eigenvalue weighted by Crippen LogP contribution is -2.42. The van der Waals surface area contributed by atoms with Gasteiger partial charge in [-0.25, -0.2) is 0 Å². The van der Waals surface area contributed by atoms with Gasteiger partial charge in [-0.3, -0.25) is 9.69 Å². The van der Waals surface area contributed by atoms with Gasteiger partial charge >= 0.3 is 5.97 Å². The SMILES string of the molecule is C[C@@H](CC(=O)O)N1CCOCC1. The normalized spacial score (nSPS) is 22.1. The van der Waals surface area contributed by atoms with E-state index in [-0.39, 0.29) is 12.5 Å². The highest BCUT2D eigenvalue weighted by Gasteiger charge is 2.18. The molecule has 0 aromatic rings. The van der Waals surface area contributed by atoms with Crippen LogP contribution in [0.3, 0.4) is 0 Å². The third kappa shape index (κ3) is 2.79. The van der Waals surface area contributed by atoms with Gasteiger partial charge in [-0.2, -0.15) is 0 Å². The summed E-state index contributed by atoms with van der Waals surface area (Å²) in [5.74, 6) is -0.728. The Balaban J connectivity index is 2.29. The van der Waals surface area contributed by atoms with Gasteiger partial charge in [0.2, 0.25) is 0 Å². The first-order valence-electron chi connectivity index (χ1n) is 4.23. The molecule has 0 aliphatic carbocycles. The molecule has 0 unspecified atom stereocenters. The molecule has 0 bridgehead atoms. The highest BCUT2D eigenvalue weighted by Crippen LogP contribution is 2.06. The molecular formula is C8H15NO3. The summed E-state index contributed by atoms with van der Waals surface area (Å²) in [5.41, 5.74) is 0. The summed E-state index contributed by atoms with van der Waals surface area (Å²) in [6, 6.07) is 0.131. The van der Waals surface area contributed by atoms with Crippen LogP contribution in [0.15, 0.2) is 0 Å². The minimum atomic E-state index is -0.728. The van der Waals surface area contributed by atoms with Crippen LogP contribution in [0.2, 0.25) is 0 Å². The number of carboxylic acid groups (broad SMARTS) is 1.